The van der Waals surface area contributed by atoms with E-state index in [1.54, 1.807) is 0 Å². The lowest BCUT2D eigenvalue weighted by atomic mass is 10.0. The molecule has 0 saturated heterocycles. The van der Waals surface area contributed by atoms with Gasteiger partial charge in [-0.15, -0.1) is 0 Å². The van der Waals surface area contributed by atoms with Gasteiger partial charge in [0.15, 0.2) is 0 Å². The molecule has 0 unspecified atom stereocenters. The Balaban J connectivity index is 1.42. The Morgan fingerprint density at radius 1 is 1.24 bits per heavy atom. The fourth-order valence-corrected chi connectivity index (χ4v) is 2.71. The van der Waals surface area contributed by atoms with E-state index >= 15 is 0 Å². The van der Waals surface area contributed by atoms with Gasteiger partial charge in [0.2, 0.25) is 5.89 Å². The molecule has 0 aromatic carbocycles. The molecule has 3 rings (SSSR count). The monoisotopic (exact) mass is 234 g/mol. The minimum absolute atomic E-state index is 0.726. The summed E-state index contributed by atoms with van der Waals surface area (Å²) in [5.74, 6) is 2.87. The number of nitrogens with zero attached hydrogens (tertiary/aromatic N) is 1. The van der Waals surface area contributed by atoms with Gasteiger partial charge in [-0.2, -0.15) is 0 Å². The third-order valence-electron chi connectivity index (χ3n) is 3.99. The number of rotatable bonds is 6. The van der Waals surface area contributed by atoms with E-state index < -0.39 is 0 Å². The highest BCUT2D eigenvalue weighted by molar-refractivity contribution is 4.95. The van der Waals surface area contributed by atoms with Gasteiger partial charge < -0.3 is 9.73 Å². The van der Waals surface area contributed by atoms with Crippen LogP contribution in [0.15, 0.2) is 10.6 Å². The van der Waals surface area contributed by atoms with Gasteiger partial charge in [0.25, 0.3) is 0 Å². The number of hydrogen-bond donors (Lipinski definition) is 1. The lowest BCUT2D eigenvalue weighted by Crippen LogP contribution is -2.15. The van der Waals surface area contributed by atoms with Crippen LogP contribution in [0.3, 0.4) is 0 Å². The predicted molar refractivity (Wildman–Crippen MR) is 66.6 cm³/mol. The van der Waals surface area contributed by atoms with Crippen molar-refractivity contribution >= 4 is 0 Å². The molecule has 2 aliphatic carbocycles. The average Bonchev–Trinajstić information content (AvgIpc) is 2.86. The van der Waals surface area contributed by atoms with Crippen molar-refractivity contribution < 1.29 is 4.42 Å². The molecule has 1 heterocycles. The molecule has 2 saturated carbocycles. The molecule has 3 nitrogen and oxygen atoms in total. The third-order valence-corrected chi connectivity index (χ3v) is 3.99. The zero-order valence-corrected chi connectivity index (χ0v) is 10.5. The van der Waals surface area contributed by atoms with E-state index in [0.29, 0.717) is 0 Å². The minimum atomic E-state index is 0.726. The molecule has 0 amide bonds. The zero-order chi connectivity index (χ0) is 11.5. The Morgan fingerprint density at radius 2 is 2.06 bits per heavy atom. The molecule has 0 spiro atoms. The summed E-state index contributed by atoms with van der Waals surface area (Å²) in [7, 11) is 0. The van der Waals surface area contributed by atoms with Crippen LogP contribution in [0.5, 0.6) is 0 Å². The van der Waals surface area contributed by atoms with Gasteiger partial charge in [0, 0.05) is 12.5 Å². The summed E-state index contributed by atoms with van der Waals surface area (Å²) in [6, 6.07) is 0.726. The number of hydrogen-bond acceptors (Lipinski definition) is 3. The molecule has 0 atom stereocenters. The SMILES string of the molecule is c1nc(CNC2CC2)oc1CCC1CCCC1. The summed E-state index contributed by atoms with van der Waals surface area (Å²) in [5.41, 5.74) is 0. The Bertz CT molecular complexity index is 351. The molecule has 17 heavy (non-hydrogen) atoms. The van der Waals surface area contributed by atoms with E-state index in [-0.39, 0.29) is 0 Å². The normalized spacial score (nSPS) is 21.2. The molecule has 2 fully saturated rings. The van der Waals surface area contributed by atoms with Gasteiger partial charge in [0.1, 0.15) is 5.76 Å². The van der Waals surface area contributed by atoms with Crippen molar-refractivity contribution in [3.63, 3.8) is 0 Å². The fraction of sp³-hybridized carbons (Fsp3) is 0.786. The van der Waals surface area contributed by atoms with Crippen molar-refractivity contribution in [2.75, 3.05) is 0 Å². The van der Waals surface area contributed by atoms with Crippen LogP contribution in [-0.2, 0) is 13.0 Å². The highest BCUT2D eigenvalue weighted by Crippen LogP contribution is 2.28. The largest absolute Gasteiger partial charge is 0.444 e. The van der Waals surface area contributed by atoms with Gasteiger partial charge >= 0.3 is 0 Å². The summed E-state index contributed by atoms with van der Waals surface area (Å²) in [6.07, 6.45) is 12.6. The first-order valence-corrected chi connectivity index (χ1v) is 7.07. The van der Waals surface area contributed by atoms with Crippen LogP contribution in [0.2, 0.25) is 0 Å². The first-order valence-electron chi connectivity index (χ1n) is 7.07. The third kappa shape index (κ3) is 3.32. The molecule has 2 aliphatic rings. The van der Waals surface area contributed by atoms with E-state index in [9.17, 15) is 0 Å². The van der Waals surface area contributed by atoms with E-state index in [2.05, 4.69) is 10.3 Å². The maximum absolute atomic E-state index is 5.75. The summed E-state index contributed by atoms with van der Waals surface area (Å²) in [5, 5.41) is 3.43. The minimum Gasteiger partial charge on any atom is -0.444 e. The average molecular weight is 234 g/mol. The van der Waals surface area contributed by atoms with Crippen molar-refractivity contribution in [3.8, 4) is 0 Å². The molecule has 0 radical (unpaired) electrons. The quantitative estimate of drug-likeness (QED) is 0.822. The van der Waals surface area contributed by atoms with Crippen LogP contribution in [0.1, 0.15) is 56.6 Å². The number of aryl methyl sites for hydroxylation is 1. The van der Waals surface area contributed by atoms with Crippen LogP contribution in [0.25, 0.3) is 0 Å². The molecular weight excluding hydrogens is 212 g/mol. The summed E-state index contributed by atoms with van der Waals surface area (Å²) < 4.78 is 5.75. The maximum atomic E-state index is 5.75. The summed E-state index contributed by atoms with van der Waals surface area (Å²) >= 11 is 0. The standard InChI is InChI=1S/C14H22N2O/c1-2-4-11(3-1)5-8-13-9-16-14(17-13)10-15-12-6-7-12/h9,11-12,15H,1-8,10H2. The maximum Gasteiger partial charge on any atom is 0.208 e. The summed E-state index contributed by atoms with van der Waals surface area (Å²) in [6.45, 7) is 0.800. The van der Waals surface area contributed by atoms with Crippen LogP contribution in [-0.4, -0.2) is 11.0 Å². The fourth-order valence-electron chi connectivity index (χ4n) is 2.71. The van der Waals surface area contributed by atoms with E-state index in [4.69, 9.17) is 4.42 Å². The first-order chi connectivity index (χ1) is 8.40. The van der Waals surface area contributed by atoms with Crippen LogP contribution in [0.4, 0.5) is 0 Å². The van der Waals surface area contributed by atoms with Crippen molar-refractivity contribution in [3.05, 3.63) is 17.8 Å². The van der Waals surface area contributed by atoms with Gasteiger partial charge in [-0.1, -0.05) is 25.7 Å². The van der Waals surface area contributed by atoms with Gasteiger partial charge in [-0.3, -0.25) is 0 Å². The van der Waals surface area contributed by atoms with E-state index in [0.717, 1.165) is 36.6 Å². The zero-order valence-electron chi connectivity index (χ0n) is 10.5. The highest BCUT2D eigenvalue weighted by atomic mass is 16.4. The van der Waals surface area contributed by atoms with Gasteiger partial charge in [-0.05, 0) is 25.2 Å². The molecule has 0 aliphatic heterocycles. The number of nitrogens with one attached hydrogen (secondary N) is 1. The summed E-state index contributed by atoms with van der Waals surface area (Å²) in [4.78, 5) is 4.33. The number of aromatic nitrogens is 1. The first kappa shape index (κ1) is 11.3. The highest BCUT2D eigenvalue weighted by Gasteiger charge is 2.21. The Morgan fingerprint density at radius 3 is 2.82 bits per heavy atom. The lowest BCUT2D eigenvalue weighted by Gasteiger charge is -2.05. The van der Waals surface area contributed by atoms with Crippen LogP contribution < -0.4 is 5.32 Å². The number of oxazole rings is 1. The predicted octanol–water partition coefficient (Wildman–Crippen LogP) is 3.05. The van der Waals surface area contributed by atoms with E-state index in [1.807, 2.05) is 6.20 Å². The lowest BCUT2D eigenvalue weighted by molar-refractivity contribution is 0.411. The molecule has 1 N–H and O–H groups in total. The Kier molecular flexibility index (Phi) is 3.46. The molecule has 1 aromatic rings. The topological polar surface area (TPSA) is 38.1 Å². The van der Waals surface area contributed by atoms with Crippen LogP contribution >= 0.6 is 0 Å². The van der Waals surface area contributed by atoms with Crippen molar-refractivity contribution in [2.45, 2.75) is 64.0 Å². The smallest absolute Gasteiger partial charge is 0.208 e. The molecule has 3 heteroatoms. The van der Waals surface area contributed by atoms with Crippen molar-refractivity contribution in [2.24, 2.45) is 5.92 Å². The Hall–Kier alpha value is -0.830. The second-order valence-electron chi connectivity index (χ2n) is 5.56. The van der Waals surface area contributed by atoms with Crippen LogP contribution in [0, 0.1) is 5.92 Å². The Labute approximate surface area is 103 Å². The second kappa shape index (κ2) is 5.21. The van der Waals surface area contributed by atoms with E-state index in [1.165, 1.54) is 44.9 Å². The van der Waals surface area contributed by atoms with Gasteiger partial charge in [0.05, 0.1) is 12.7 Å². The van der Waals surface area contributed by atoms with Crippen molar-refractivity contribution in [1.29, 1.82) is 0 Å². The second-order valence-corrected chi connectivity index (χ2v) is 5.56. The van der Waals surface area contributed by atoms with Gasteiger partial charge in [-0.25, -0.2) is 4.98 Å². The molecular formula is C14H22N2O. The molecule has 1 aromatic heterocycles. The van der Waals surface area contributed by atoms with Crippen molar-refractivity contribution in [1.82, 2.24) is 10.3 Å². The molecule has 94 valence electrons. The molecule has 0 bridgehead atoms.